The third-order valence-electron chi connectivity index (χ3n) is 2.19. The van der Waals surface area contributed by atoms with Crippen molar-refractivity contribution in [2.24, 2.45) is 4.99 Å². The summed E-state index contributed by atoms with van der Waals surface area (Å²) in [6.45, 7) is 2.03. The molecule has 0 aliphatic carbocycles. The Kier molecular flexibility index (Phi) is 2.59. The number of nitrogens with zero attached hydrogens (tertiary/aromatic N) is 1. The third-order valence-corrected chi connectivity index (χ3v) is 2.19. The van der Waals surface area contributed by atoms with Gasteiger partial charge in [0.1, 0.15) is 0 Å². The van der Waals surface area contributed by atoms with Crippen molar-refractivity contribution in [2.75, 3.05) is 0 Å². The Bertz CT molecular complexity index is 397. The molecule has 0 fully saturated rings. The molecular formula is C13H13N. The Morgan fingerprint density at radius 2 is 1.93 bits per heavy atom. The lowest BCUT2D eigenvalue weighted by Gasteiger charge is -1.91. The molecule has 0 unspecified atom stereocenters. The van der Waals surface area contributed by atoms with Crippen LogP contribution in [-0.2, 0) is 0 Å². The summed E-state index contributed by atoms with van der Waals surface area (Å²) in [5.74, 6) is 0. The van der Waals surface area contributed by atoms with E-state index in [1.807, 2.05) is 25.1 Å². The molecule has 0 N–H and O–H groups in total. The van der Waals surface area contributed by atoms with E-state index in [1.54, 1.807) is 0 Å². The highest BCUT2D eigenvalue weighted by Gasteiger charge is 2.00. The molecule has 1 aromatic carbocycles. The van der Waals surface area contributed by atoms with Gasteiger partial charge in [-0.15, -0.1) is 0 Å². The first kappa shape index (κ1) is 8.95. The minimum absolute atomic E-state index is 0.967. The van der Waals surface area contributed by atoms with Gasteiger partial charge in [-0.05, 0) is 18.6 Å². The van der Waals surface area contributed by atoms with Crippen molar-refractivity contribution in [1.29, 1.82) is 0 Å². The van der Waals surface area contributed by atoms with E-state index < -0.39 is 0 Å². The Morgan fingerprint density at radius 1 is 1.14 bits per heavy atom. The van der Waals surface area contributed by atoms with Crippen LogP contribution in [0.4, 0.5) is 0 Å². The summed E-state index contributed by atoms with van der Waals surface area (Å²) in [5, 5.41) is 0. The number of aliphatic imine (C=N–C) groups is 1. The Labute approximate surface area is 84.5 Å². The molecule has 1 aliphatic rings. The molecule has 70 valence electrons. The number of rotatable bonds is 2. The maximum Gasteiger partial charge on any atom is 0.0445 e. The van der Waals surface area contributed by atoms with Gasteiger partial charge in [0.05, 0.1) is 0 Å². The van der Waals surface area contributed by atoms with Crippen LogP contribution < -0.4 is 0 Å². The van der Waals surface area contributed by atoms with Gasteiger partial charge in [-0.3, -0.25) is 4.99 Å². The van der Waals surface area contributed by atoms with Crippen molar-refractivity contribution in [3.8, 4) is 0 Å². The maximum atomic E-state index is 4.39. The lowest BCUT2D eigenvalue weighted by molar-refractivity contribution is 1.34. The second kappa shape index (κ2) is 4.05. The van der Waals surface area contributed by atoms with Crippen LogP contribution in [0.2, 0.25) is 0 Å². The average Bonchev–Trinajstić information content (AvgIpc) is 2.63. The van der Waals surface area contributed by atoms with E-state index in [0.29, 0.717) is 0 Å². The van der Waals surface area contributed by atoms with Crippen LogP contribution in [0, 0.1) is 0 Å². The molecule has 1 heteroatoms. The molecule has 14 heavy (non-hydrogen) atoms. The van der Waals surface area contributed by atoms with Crippen LogP contribution >= 0.6 is 0 Å². The largest absolute Gasteiger partial charge is 0.258 e. The standard InChI is InChI=1S/C13H13N/c1-11-7-9-13(14-11)10-8-12-5-3-2-4-6-12/h2-8,10H,9H2,1H3/b10-8+. The molecule has 2 rings (SSSR count). The third kappa shape index (κ3) is 2.19. The molecule has 0 radical (unpaired) electrons. The molecule has 0 spiro atoms. The molecule has 1 aliphatic heterocycles. The highest BCUT2D eigenvalue weighted by Crippen LogP contribution is 2.11. The van der Waals surface area contributed by atoms with E-state index >= 15 is 0 Å². The Hall–Kier alpha value is -1.63. The molecule has 0 atom stereocenters. The number of benzene rings is 1. The minimum atomic E-state index is 0.967. The highest BCUT2D eigenvalue weighted by atomic mass is 14.8. The predicted molar refractivity (Wildman–Crippen MR) is 61.3 cm³/mol. The second-order valence-electron chi connectivity index (χ2n) is 3.40. The van der Waals surface area contributed by atoms with Crippen molar-refractivity contribution < 1.29 is 0 Å². The fourth-order valence-corrected chi connectivity index (χ4v) is 1.43. The van der Waals surface area contributed by atoms with E-state index in [0.717, 1.165) is 17.8 Å². The topological polar surface area (TPSA) is 12.4 Å². The van der Waals surface area contributed by atoms with Gasteiger partial charge in [0, 0.05) is 17.8 Å². The van der Waals surface area contributed by atoms with Gasteiger partial charge in [-0.25, -0.2) is 0 Å². The van der Waals surface area contributed by atoms with Crippen LogP contribution in [0.5, 0.6) is 0 Å². The zero-order valence-electron chi connectivity index (χ0n) is 8.27. The Balaban J connectivity index is 2.06. The first-order valence-corrected chi connectivity index (χ1v) is 4.82. The van der Waals surface area contributed by atoms with Crippen LogP contribution in [0.25, 0.3) is 6.08 Å². The van der Waals surface area contributed by atoms with Crippen LogP contribution in [0.3, 0.4) is 0 Å². The highest BCUT2D eigenvalue weighted by molar-refractivity contribution is 6.01. The van der Waals surface area contributed by atoms with Gasteiger partial charge < -0.3 is 0 Å². The summed E-state index contributed by atoms with van der Waals surface area (Å²) < 4.78 is 0. The average molecular weight is 183 g/mol. The molecule has 0 aromatic heterocycles. The molecule has 1 nitrogen and oxygen atoms in total. The van der Waals surface area contributed by atoms with Crippen molar-refractivity contribution in [3.05, 3.63) is 53.7 Å². The second-order valence-corrected chi connectivity index (χ2v) is 3.40. The van der Waals surface area contributed by atoms with E-state index in [4.69, 9.17) is 0 Å². The fourth-order valence-electron chi connectivity index (χ4n) is 1.43. The first-order valence-electron chi connectivity index (χ1n) is 4.82. The summed E-state index contributed by atoms with van der Waals surface area (Å²) >= 11 is 0. The molecule has 0 bridgehead atoms. The Morgan fingerprint density at radius 3 is 2.57 bits per heavy atom. The van der Waals surface area contributed by atoms with E-state index in [1.165, 1.54) is 5.56 Å². The lowest BCUT2D eigenvalue weighted by Crippen LogP contribution is -1.84. The van der Waals surface area contributed by atoms with Crippen molar-refractivity contribution in [1.82, 2.24) is 0 Å². The number of hydrogen-bond donors (Lipinski definition) is 0. The number of hydrogen-bond acceptors (Lipinski definition) is 1. The summed E-state index contributed by atoms with van der Waals surface area (Å²) in [6, 6.07) is 10.3. The fraction of sp³-hybridized carbons (Fsp3) is 0.154. The first-order chi connectivity index (χ1) is 6.84. The van der Waals surface area contributed by atoms with Gasteiger partial charge in [0.15, 0.2) is 0 Å². The van der Waals surface area contributed by atoms with E-state index in [9.17, 15) is 0 Å². The molecule has 0 saturated heterocycles. The summed E-state index contributed by atoms with van der Waals surface area (Å²) in [7, 11) is 0. The zero-order valence-corrected chi connectivity index (χ0v) is 8.27. The van der Waals surface area contributed by atoms with Crippen LogP contribution in [0.15, 0.2) is 53.2 Å². The van der Waals surface area contributed by atoms with E-state index in [-0.39, 0.29) is 0 Å². The molecule has 1 heterocycles. The van der Waals surface area contributed by atoms with Gasteiger partial charge in [0.25, 0.3) is 0 Å². The van der Waals surface area contributed by atoms with Crippen molar-refractivity contribution in [2.45, 2.75) is 13.3 Å². The monoisotopic (exact) mass is 183 g/mol. The summed E-state index contributed by atoms with van der Waals surface area (Å²) in [6.07, 6.45) is 7.30. The quantitative estimate of drug-likeness (QED) is 0.666. The maximum absolute atomic E-state index is 4.39. The van der Waals surface area contributed by atoms with Gasteiger partial charge in [-0.2, -0.15) is 0 Å². The smallest absolute Gasteiger partial charge is 0.0445 e. The molecular weight excluding hydrogens is 170 g/mol. The molecule has 0 amide bonds. The van der Waals surface area contributed by atoms with Crippen LogP contribution in [-0.4, -0.2) is 5.71 Å². The minimum Gasteiger partial charge on any atom is -0.258 e. The number of allylic oxidation sites excluding steroid dienone is 3. The van der Waals surface area contributed by atoms with Gasteiger partial charge in [0.2, 0.25) is 0 Å². The summed E-state index contributed by atoms with van der Waals surface area (Å²) in [4.78, 5) is 4.39. The predicted octanol–water partition coefficient (Wildman–Crippen LogP) is 3.45. The van der Waals surface area contributed by atoms with Gasteiger partial charge >= 0.3 is 0 Å². The molecule has 0 saturated carbocycles. The zero-order chi connectivity index (χ0) is 9.80. The van der Waals surface area contributed by atoms with Crippen LogP contribution in [0.1, 0.15) is 18.9 Å². The summed E-state index contributed by atoms with van der Waals surface area (Å²) in [5.41, 5.74) is 3.49. The SMILES string of the molecule is CC1=CCC(/C=C/c2ccccc2)=N1. The normalized spacial score (nSPS) is 15.8. The molecule has 1 aromatic rings. The lowest BCUT2D eigenvalue weighted by atomic mass is 10.2. The van der Waals surface area contributed by atoms with Crippen molar-refractivity contribution >= 4 is 11.8 Å². The van der Waals surface area contributed by atoms with Crippen molar-refractivity contribution in [3.63, 3.8) is 0 Å². The van der Waals surface area contributed by atoms with Gasteiger partial charge in [-0.1, -0.05) is 42.5 Å². The van der Waals surface area contributed by atoms with E-state index in [2.05, 4.69) is 35.4 Å².